The van der Waals surface area contributed by atoms with Crippen LogP contribution in [0.1, 0.15) is 42.0 Å². The molecule has 2 amide bonds. The summed E-state index contributed by atoms with van der Waals surface area (Å²) in [7, 11) is 0. The Morgan fingerprint density at radius 3 is 2.60 bits per heavy atom. The van der Waals surface area contributed by atoms with E-state index in [9.17, 15) is 9.59 Å². The normalized spacial score (nSPS) is 19.2. The van der Waals surface area contributed by atoms with E-state index >= 15 is 0 Å². The number of halogens is 1. The standard InChI is InChI=1S/C24H28ClN3O2/c25-20-9-6-7-18(15-20)16-26-22(29)17-28-14-11-19-8-2-3-10-21(19)23(28)24(30)27-12-4-1-5-13-27/h2-3,6-10,15,23H,1,4-5,11-14,16-17H2,(H,26,29)/t23-/m1/s1. The zero-order valence-corrected chi connectivity index (χ0v) is 17.9. The van der Waals surface area contributed by atoms with Gasteiger partial charge in [-0.15, -0.1) is 0 Å². The maximum absolute atomic E-state index is 13.5. The monoisotopic (exact) mass is 425 g/mol. The van der Waals surface area contributed by atoms with Crippen molar-refractivity contribution in [1.82, 2.24) is 15.1 Å². The van der Waals surface area contributed by atoms with Crippen LogP contribution in [-0.4, -0.2) is 47.8 Å². The van der Waals surface area contributed by atoms with Gasteiger partial charge in [0.15, 0.2) is 0 Å². The summed E-state index contributed by atoms with van der Waals surface area (Å²) in [4.78, 5) is 30.2. The highest BCUT2D eigenvalue weighted by atomic mass is 35.5. The molecule has 0 bridgehead atoms. The quantitative estimate of drug-likeness (QED) is 0.796. The summed E-state index contributed by atoms with van der Waals surface area (Å²) in [5.41, 5.74) is 3.21. The Kier molecular flexibility index (Phi) is 6.70. The zero-order chi connectivity index (χ0) is 20.9. The van der Waals surface area contributed by atoms with Crippen LogP contribution < -0.4 is 5.32 Å². The lowest BCUT2D eigenvalue weighted by molar-refractivity contribution is -0.139. The lowest BCUT2D eigenvalue weighted by Crippen LogP contribution is -2.50. The SMILES string of the molecule is O=C(CN1CCc2ccccc2[C@@H]1C(=O)N1CCCCC1)NCc1cccc(Cl)c1. The van der Waals surface area contributed by atoms with Crippen LogP contribution in [0.4, 0.5) is 0 Å². The van der Waals surface area contributed by atoms with Crippen molar-refractivity contribution in [3.05, 3.63) is 70.2 Å². The van der Waals surface area contributed by atoms with Gasteiger partial charge in [-0.25, -0.2) is 0 Å². The van der Waals surface area contributed by atoms with Crippen LogP contribution in [0, 0.1) is 0 Å². The van der Waals surface area contributed by atoms with E-state index in [4.69, 9.17) is 11.6 Å². The van der Waals surface area contributed by atoms with E-state index in [2.05, 4.69) is 11.4 Å². The first kappa shape index (κ1) is 20.9. The highest BCUT2D eigenvalue weighted by Crippen LogP contribution is 2.32. The van der Waals surface area contributed by atoms with Crippen LogP contribution in [0.25, 0.3) is 0 Å². The van der Waals surface area contributed by atoms with Gasteiger partial charge in [0.1, 0.15) is 6.04 Å². The van der Waals surface area contributed by atoms with Gasteiger partial charge in [-0.3, -0.25) is 14.5 Å². The first-order valence-electron chi connectivity index (χ1n) is 10.7. The van der Waals surface area contributed by atoms with Crippen LogP contribution in [-0.2, 0) is 22.6 Å². The summed E-state index contributed by atoms with van der Waals surface area (Å²) in [5, 5.41) is 3.63. The number of piperidine rings is 1. The van der Waals surface area contributed by atoms with Gasteiger partial charge in [0.2, 0.25) is 11.8 Å². The Bertz CT molecular complexity index is 911. The average molecular weight is 426 g/mol. The van der Waals surface area contributed by atoms with Gasteiger partial charge in [-0.2, -0.15) is 0 Å². The third-order valence-corrected chi connectivity index (χ3v) is 6.25. The second-order valence-corrected chi connectivity index (χ2v) is 8.55. The number of amides is 2. The number of carbonyl (C=O) groups is 2. The van der Waals surface area contributed by atoms with E-state index in [-0.39, 0.29) is 24.4 Å². The fourth-order valence-corrected chi connectivity index (χ4v) is 4.67. The lowest BCUT2D eigenvalue weighted by Gasteiger charge is -2.39. The highest BCUT2D eigenvalue weighted by Gasteiger charge is 2.36. The van der Waals surface area contributed by atoms with E-state index in [0.29, 0.717) is 18.1 Å². The molecule has 6 heteroatoms. The van der Waals surface area contributed by atoms with Gasteiger partial charge in [0.05, 0.1) is 6.54 Å². The fourth-order valence-electron chi connectivity index (χ4n) is 4.45. The van der Waals surface area contributed by atoms with Gasteiger partial charge in [0, 0.05) is 31.2 Å². The molecule has 1 fully saturated rings. The van der Waals surface area contributed by atoms with E-state index < -0.39 is 0 Å². The van der Waals surface area contributed by atoms with Crippen LogP contribution in [0.3, 0.4) is 0 Å². The van der Waals surface area contributed by atoms with Crippen molar-refractivity contribution < 1.29 is 9.59 Å². The molecule has 2 aromatic carbocycles. The van der Waals surface area contributed by atoms with Crippen molar-refractivity contribution in [3.8, 4) is 0 Å². The van der Waals surface area contributed by atoms with Gasteiger partial charge < -0.3 is 10.2 Å². The van der Waals surface area contributed by atoms with E-state index in [1.807, 2.05) is 52.3 Å². The zero-order valence-electron chi connectivity index (χ0n) is 17.1. The molecule has 1 saturated heterocycles. The van der Waals surface area contributed by atoms with Gasteiger partial charge in [-0.1, -0.05) is 48.0 Å². The molecule has 158 valence electrons. The number of hydrogen-bond donors (Lipinski definition) is 1. The molecule has 1 atom stereocenters. The van der Waals surface area contributed by atoms with E-state index in [0.717, 1.165) is 43.5 Å². The Morgan fingerprint density at radius 1 is 1.00 bits per heavy atom. The van der Waals surface area contributed by atoms with Crippen LogP contribution in [0.15, 0.2) is 48.5 Å². The number of hydrogen-bond acceptors (Lipinski definition) is 3. The summed E-state index contributed by atoms with van der Waals surface area (Å²) in [6, 6.07) is 15.2. The molecule has 5 nitrogen and oxygen atoms in total. The second kappa shape index (κ2) is 9.63. The van der Waals surface area contributed by atoms with Crippen LogP contribution in [0.5, 0.6) is 0 Å². The second-order valence-electron chi connectivity index (χ2n) is 8.11. The van der Waals surface area contributed by atoms with Crippen molar-refractivity contribution in [3.63, 3.8) is 0 Å². The predicted molar refractivity (Wildman–Crippen MR) is 118 cm³/mol. The predicted octanol–water partition coefficient (Wildman–Crippen LogP) is 3.57. The number of likely N-dealkylation sites (tertiary alicyclic amines) is 1. The Balaban J connectivity index is 1.47. The largest absolute Gasteiger partial charge is 0.351 e. The van der Waals surface area contributed by atoms with Crippen molar-refractivity contribution in [1.29, 1.82) is 0 Å². The molecule has 2 aromatic rings. The number of nitrogens with zero attached hydrogens (tertiary/aromatic N) is 2. The molecule has 0 spiro atoms. The minimum atomic E-state index is -0.384. The minimum absolute atomic E-state index is 0.0780. The lowest BCUT2D eigenvalue weighted by atomic mass is 9.91. The molecule has 0 radical (unpaired) electrons. The summed E-state index contributed by atoms with van der Waals surface area (Å²) in [5.74, 6) is 0.0512. The maximum Gasteiger partial charge on any atom is 0.244 e. The first-order valence-corrected chi connectivity index (χ1v) is 11.1. The maximum atomic E-state index is 13.5. The number of nitrogens with one attached hydrogen (secondary N) is 1. The molecule has 0 aromatic heterocycles. The summed E-state index contributed by atoms with van der Waals surface area (Å²) in [6.07, 6.45) is 4.14. The molecule has 2 aliphatic heterocycles. The van der Waals surface area contributed by atoms with Gasteiger partial charge in [0.25, 0.3) is 0 Å². The summed E-state index contributed by atoms with van der Waals surface area (Å²) in [6.45, 7) is 2.96. The third-order valence-electron chi connectivity index (χ3n) is 6.01. The minimum Gasteiger partial charge on any atom is -0.351 e. The highest BCUT2D eigenvalue weighted by molar-refractivity contribution is 6.30. The smallest absolute Gasteiger partial charge is 0.244 e. The Labute approximate surface area is 183 Å². The van der Waals surface area contributed by atoms with Crippen molar-refractivity contribution in [2.24, 2.45) is 0 Å². The van der Waals surface area contributed by atoms with Crippen molar-refractivity contribution >= 4 is 23.4 Å². The van der Waals surface area contributed by atoms with Gasteiger partial charge >= 0.3 is 0 Å². The molecular formula is C24H28ClN3O2. The van der Waals surface area contributed by atoms with Gasteiger partial charge in [-0.05, 0) is 54.5 Å². The molecule has 4 rings (SSSR count). The van der Waals surface area contributed by atoms with Crippen molar-refractivity contribution in [2.75, 3.05) is 26.2 Å². The molecule has 0 saturated carbocycles. The summed E-state index contributed by atoms with van der Waals surface area (Å²) >= 11 is 6.03. The molecule has 30 heavy (non-hydrogen) atoms. The first-order chi connectivity index (χ1) is 14.6. The number of benzene rings is 2. The fraction of sp³-hybridized carbons (Fsp3) is 0.417. The molecule has 2 heterocycles. The van der Waals surface area contributed by atoms with Crippen LogP contribution in [0.2, 0.25) is 5.02 Å². The topological polar surface area (TPSA) is 52.7 Å². The summed E-state index contributed by atoms with van der Waals surface area (Å²) < 4.78 is 0. The number of fused-ring (bicyclic) bond motifs is 1. The number of rotatable bonds is 5. The Morgan fingerprint density at radius 2 is 1.80 bits per heavy atom. The van der Waals surface area contributed by atoms with Crippen molar-refractivity contribution in [2.45, 2.75) is 38.3 Å². The average Bonchev–Trinajstić information content (AvgIpc) is 2.78. The molecule has 1 N–H and O–H groups in total. The third kappa shape index (κ3) is 4.85. The van der Waals surface area contributed by atoms with E-state index in [1.54, 1.807) is 0 Å². The molecule has 0 aliphatic carbocycles. The number of carbonyl (C=O) groups excluding carboxylic acids is 2. The Hall–Kier alpha value is -2.37. The molecule has 0 unspecified atom stereocenters. The molecular weight excluding hydrogens is 398 g/mol. The van der Waals surface area contributed by atoms with E-state index in [1.165, 1.54) is 12.0 Å². The molecule has 2 aliphatic rings. The van der Waals surface area contributed by atoms with Crippen LogP contribution >= 0.6 is 11.6 Å².